The molecule has 1 saturated carbocycles. The molecule has 6 nitrogen and oxygen atoms in total. The summed E-state index contributed by atoms with van der Waals surface area (Å²) in [6.45, 7) is 0.921. The van der Waals surface area contributed by atoms with Crippen LogP contribution in [0.4, 0.5) is 10.6 Å². The molecule has 5 rings (SSSR count). The maximum absolute atomic E-state index is 8.56. The average molecular weight is 454 g/mol. The Labute approximate surface area is 192 Å². The molecule has 0 spiro atoms. The third-order valence-corrected chi connectivity index (χ3v) is 7.54. The Hall–Kier alpha value is -2.67. The van der Waals surface area contributed by atoms with Gasteiger partial charge >= 0.3 is 6.16 Å². The van der Waals surface area contributed by atoms with Crippen LogP contribution in [0.1, 0.15) is 72.7 Å². The number of carboxylic acid groups (broad SMARTS) is 2. The molecule has 2 aliphatic carbocycles. The van der Waals surface area contributed by atoms with Crippen LogP contribution in [-0.4, -0.2) is 32.9 Å². The molecule has 1 aromatic carbocycles. The van der Waals surface area contributed by atoms with Crippen LogP contribution >= 0.6 is 11.3 Å². The minimum absolute atomic E-state index is 0.548. The molecule has 0 amide bonds. The molecule has 0 atom stereocenters. The number of anilines is 1. The molecule has 0 radical (unpaired) electrons. The van der Waals surface area contributed by atoms with Gasteiger partial charge in [0.2, 0.25) is 0 Å². The van der Waals surface area contributed by atoms with Gasteiger partial charge in [0.15, 0.2) is 0 Å². The van der Waals surface area contributed by atoms with Crippen LogP contribution in [0.3, 0.4) is 0 Å². The average Bonchev–Trinajstić information content (AvgIpc) is 3.19. The smallest absolute Gasteiger partial charge is 0.450 e. The van der Waals surface area contributed by atoms with Crippen molar-refractivity contribution in [3.05, 3.63) is 52.2 Å². The van der Waals surface area contributed by atoms with Gasteiger partial charge in [0.1, 0.15) is 16.5 Å². The van der Waals surface area contributed by atoms with Crippen molar-refractivity contribution < 1.29 is 15.0 Å². The fourth-order valence-corrected chi connectivity index (χ4v) is 6.08. The first-order valence-electron chi connectivity index (χ1n) is 11.6. The van der Waals surface area contributed by atoms with Crippen LogP contribution in [0.15, 0.2) is 30.3 Å². The highest BCUT2D eigenvalue weighted by Gasteiger charge is 2.24. The lowest BCUT2D eigenvalue weighted by molar-refractivity contribution is 0.137. The fourth-order valence-electron chi connectivity index (χ4n) is 4.82. The van der Waals surface area contributed by atoms with Crippen LogP contribution in [0.25, 0.3) is 10.2 Å². The number of aryl methyl sites for hydroxylation is 2. The number of aromatic nitrogens is 2. The van der Waals surface area contributed by atoms with Gasteiger partial charge in [0.05, 0.1) is 5.39 Å². The second-order valence-electron chi connectivity index (χ2n) is 8.60. The SMILES string of the molecule is O=C(O)O.c1ccc(CCNc2nc(C3CCCCC3)nc3sc4c(c23)CCCC4)cc1. The number of hydrogen-bond acceptors (Lipinski definition) is 5. The molecule has 0 aliphatic heterocycles. The van der Waals surface area contributed by atoms with Crippen molar-refractivity contribution in [3.63, 3.8) is 0 Å². The van der Waals surface area contributed by atoms with Crippen molar-refractivity contribution in [1.82, 2.24) is 9.97 Å². The van der Waals surface area contributed by atoms with E-state index >= 15 is 0 Å². The van der Waals surface area contributed by atoms with Crippen LogP contribution in [-0.2, 0) is 19.3 Å². The molecule has 0 bridgehead atoms. The number of benzene rings is 1. The summed E-state index contributed by atoms with van der Waals surface area (Å²) in [5, 5.41) is 19.0. The third kappa shape index (κ3) is 5.57. The summed E-state index contributed by atoms with van der Waals surface area (Å²) < 4.78 is 0. The first kappa shape index (κ1) is 22.5. The molecular formula is C25H31N3O3S. The van der Waals surface area contributed by atoms with E-state index in [-0.39, 0.29) is 0 Å². The van der Waals surface area contributed by atoms with Gasteiger partial charge in [-0.15, -0.1) is 11.3 Å². The summed E-state index contributed by atoms with van der Waals surface area (Å²) in [4.78, 5) is 21.6. The predicted octanol–water partition coefficient (Wildman–Crippen LogP) is 6.49. The van der Waals surface area contributed by atoms with E-state index in [0.717, 1.165) is 24.6 Å². The lowest BCUT2D eigenvalue weighted by Crippen LogP contribution is -2.13. The van der Waals surface area contributed by atoms with Gasteiger partial charge in [-0.25, -0.2) is 14.8 Å². The molecule has 2 aliphatic rings. The predicted molar refractivity (Wildman–Crippen MR) is 129 cm³/mol. The molecule has 32 heavy (non-hydrogen) atoms. The van der Waals surface area contributed by atoms with Crippen molar-refractivity contribution >= 4 is 33.5 Å². The van der Waals surface area contributed by atoms with Crippen LogP contribution < -0.4 is 5.32 Å². The lowest BCUT2D eigenvalue weighted by atomic mass is 9.88. The molecule has 1 fully saturated rings. The number of hydrogen-bond donors (Lipinski definition) is 3. The Morgan fingerprint density at radius 2 is 1.72 bits per heavy atom. The molecular weight excluding hydrogens is 422 g/mol. The number of carbonyl (C=O) groups is 1. The second kappa shape index (κ2) is 10.8. The molecule has 0 saturated heterocycles. The molecule has 170 valence electrons. The fraction of sp³-hybridized carbons (Fsp3) is 0.480. The van der Waals surface area contributed by atoms with E-state index in [9.17, 15) is 0 Å². The molecule has 2 heterocycles. The van der Waals surface area contributed by atoms with Crippen LogP contribution in [0.5, 0.6) is 0 Å². The zero-order valence-electron chi connectivity index (χ0n) is 18.3. The number of thiophene rings is 1. The lowest BCUT2D eigenvalue weighted by Gasteiger charge is -2.21. The summed E-state index contributed by atoms with van der Waals surface area (Å²) in [5.74, 6) is 2.74. The second-order valence-corrected chi connectivity index (χ2v) is 9.68. The maximum atomic E-state index is 8.56. The van der Waals surface area contributed by atoms with Crippen molar-refractivity contribution in [2.75, 3.05) is 11.9 Å². The first-order chi connectivity index (χ1) is 15.6. The van der Waals surface area contributed by atoms with Gasteiger partial charge in [-0.05, 0) is 56.1 Å². The quantitative estimate of drug-likeness (QED) is 0.408. The normalized spacial score (nSPS) is 16.1. The molecule has 0 unspecified atom stereocenters. The van der Waals surface area contributed by atoms with Gasteiger partial charge in [-0.1, -0.05) is 49.6 Å². The Morgan fingerprint density at radius 3 is 2.47 bits per heavy atom. The monoisotopic (exact) mass is 453 g/mol. The van der Waals surface area contributed by atoms with Gasteiger partial charge < -0.3 is 15.5 Å². The number of rotatable bonds is 5. The van der Waals surface area contributed by atoms with Crippen LogP contribution in [0, 0.1) is 0 Å². The Morgan fingerprint density at radius 1 is 1.00 bits per heavy atom. The minimum atomic E-state index is -1.83. The summed E-state index contributed by atoms with van der Waals surface area (Å²) in [7, 11) is 0. The Balaban J connectivity index is 0.000000567. The molecule has 3 N–H and O–H groups in total. The van der Waals surface area contributed by atoms with Crippen molar-refractivity contribution in [1.29, 1.82) is 0 Å². The summed E-state index contributed by atoms with van der Waals surface area (Å²) in [6, 6.07) is 10.7. The first-order valence-corrected chi connectivity index (χ1v) is 12.5. The van der Waals surface area contributed by atoms with E-state index in [1.54, 1.807) is 4.88 Å². The van der Waals surface area contributed by atoms with E-state index < -0.39 is 6.16 Å². The van der Waals surface area contributed by atoms with E-state index in [1.807, 2.05) is 11.3 Å². The van der Waals surface area contributed by atoms with Crippen LogP contribution in [0.2, 0.25) is 0 Å². The van der Waals surface area contributed by atoms with E-state index in [0.29, 0.717) is 5.92 Å². The largest absolute Gasteiger partial charge is 0.503 e. The van der Waals surface area contributed by atoms with Gasteiger partial charge in [0, 0.05) is 17.3 Å². The topological polar surface area (TPSA) is 95.3 Å². The highest BCUT2D eigenvalue weighted by Crippen LogP contribution is 2.40. The highest BCUT2D eigenvalue weighted by molar-refractivity contribution is 7.19. The molecule has 2 aromatic heterocycles. The standard InChI is InChI=1S/C24H29N3S.CH2O3/c1-3-9-17(10-4-1)15-16-25-23-21-19-13-7-8-14-20(19)28-24(21)27-22(26-23)18-11-5-2-6-12-18;2-1(3)4/h1,3-4,9-10,18H,2,5-8,11-16H2,(H,25,26,27);(H2,2,3,4). The Bertz CT molecular complexity index is 1040. The minimum Gasteiger partial charge on any atom is -0.450 e. The Kier molecular flexibility index (Phi) is 7.58. The van der Waals surface area contributed by atoms with Crippen molar-refractivity contribution in [2.45, 2.75) is 70.1 Å². The van der Waals surface area contributed by atoms with Gasteiger partial charge in [-0.3, -0.25) is 0 Å². The number of nitrogens with zero attached hydrogens (tertiary/aromatic N) is 2. The van der Waals surface area contributed by atoms with Crippen molar-refractivity contribution in [3.8, 4) is 0 Å². The number of nitrogens with one attached hydrogen (secondary N) is 1. The third-order valence-electron chi connectivity index (χ3n) is 6.35. The molecule has 3 aromatic rings. The van der Waals surface area contributed by atoms with Gasteiger partial charge in [0.25, 0.3) is 0 Å². The van der Waals surface area contributed by atoms with E-state index in [4.69, 9.17) is 25.0 Å². The van der Waals surface area contributed by atoms with E-state index in [1.165, 1.54) is 79.1 Å². The number of fused-ring (bicyclic) bond motifs is 3. The summed E-state index contributed by atoms with van der Waals surface area (Å²) in [5.41, 5.74) is 2.91. The van der Waals surface area contributed by atoms with E-state index in [2.05, 4.69) is 35.6 Å². The van der Waals surface area contributed by atoms with Gasteiger partial charge in [-0.2, -0.15) is 0 Å². The maximum Gasteiger partial charge on any atom is 0.503 e. The van der Waals surface area contributed by atoms with Crippen molar-refractivity contribution in [2.24, 2.45) is 0 Å². The summed E-state index contributed by atoms with van der Waals surface area (Å²) in [6.07, 6.45) is 10.7. The zero-order chi connectivity index (χ0) is 22.3. The zero-order valence-corrected chi connectivity index (χ0v) is 19.2. The molecule has 7 heteroatoms. The summed E-state index contributed by atoms with van der Waals surface area (Å²) >= 11 is 1.93. The highest BCUT2D eigenvalue weighted by atomic mass is 32.1.